The quantitative estimate of drug-likeness (QED) is 0.560. The molecule has 0 rings (SSSR count). The standard InChI is InChI=1S/C10H18O2.C5H14NO/c1-8(2)5-4-6-9(3)7-10(11)12;1-6(2,3)4-5-7/h5,9H,4,6-7H2,1-3H3,(H,11,12);7H,4-5H2,1-3H3/q;+1/p-1. The normalized spacial score (nSPS) is 12.2. The van der Waals surface area contributed by atoms with Crippen molar-refractivity contribution < 1.29 is 19.5 Å². The van der Waals surface area contributed by atoms with Crippen molar-refractivity contribution in [2.24, 2.45) is 5.92 Å². The minimum atomic E-state index is -0.945. The van der Waals surface area contributed by atoms with Crippen LogP contribution in [-0.4, -0.2) is 49.9 Å². The Hall–Kier alpha value is -0.870. The average molecular weight is 273 g/mol. The Balaban J connectivity index is 0. The van der Waals surface area contributed by atoms with E-state index >= 15 is 0 Å². The molecule has 0 aromatic heterocycles. The van der Waals surface area contributed by atoms with Gasteiger partial charge in [0.2, 0.25) is 0 Å². The van der Waals surface area contributed by atoms with E-state index in [-0.39, 0.29) is 18.9 Å². The number of quaternary nitrogens is 1. The fourth-order valence-electron chi connectivity index (χ4n) is 1.34. The zero-order valence-electron chi connectivity index (χ0n) is 13.4. The predicted molar refractivity (Wildman–Crippen MR) is 77.4 cm³/mol. The Morgan fingerprint density at radius 1 is 1.32 bits per heavy atom. The van der Waals surface area contributed by atoms with Crippen molar-refractivity contribution in [1.82, 2.24) is 0 Å². The van der Waals surface area contributed by atoms with E-state index in [1.165, 1.54) is 5.57 Å². The lowest BCUT2D eigenvalue weighted by atomic mass is 10.0. The number of aliphatic carboxylic acids is 1. The largest absolute Gasteiger partial charge is 0.550 e. The highest BCUT2D eigenvalue weighted by atomic mass is 16.4. The SMILES string of the molecule is CC(C)=CCCC(C)CC(=O)[O-].C[N+](C)(C)CCO. The lowest BCUT2D eigenvalue weighted by molar-refractivity contribution is -0.870. The van der Waals surface area contributed by atoms with Gasteiger partial charge in [0.25, 0.3) is 0 Å². The molecule has 0 aromatic carbocycles. The molecule has 0 saturated heterocycles. The van der Waals surface area contributed by atoms with Crippen LogP contribution in [0.1, 0.15) is 40.0 Å². The summed E-state index contributed by atoms with van der Waals surface area (Å²) in [6.07, 6.45) is 4.21. The number of aliphatic hydroxyl groups excluding tert-OH is 1. The summed E-state index contributed by atoms with van der Waals surface area (Å²) in [6, 6.07) is 0. The first-order valence-corrected chi connectivity index (χ1v) is 6.83. The van der Waals surface area contributed by atoms with Crippen molar-refractivity contribution in [2.45, 2.75) is 40.0 Å². The number of carboxylic acids is 1. The Labute approximate surface area is 118 Å². The molecule has 4 nitrogen and oxygen atoms in total. The van der Waals surface area contributed by atoms with Gasteiger partial charge in [0.1, 0.15) is 6.54 Å². The van der Waals surface area contributed by atoms with Crippen LogP contribution in [0.2, 0.25) is 0 Å². The Morgan fingerprint density at radius 2 is 1.84 bits per heavy atom. The highest BCUT2D eigenvalue weighted by Crippen LogP contribution is 2.10. The van der Waals surface area contributed by atoms with E-state index in [1.807, 2.05) is 20.8 Å². The van der Waals surface area contributed by atoms with E-state index < -0.39 is 5.97 Å². The molecule has 0 heterocycles. The zero-order valence-corrected chi connectivity index (χ0v) is 13.4. The molecule has 0 amide bonds. The van der Waals surface area contributed by atoms with Crippen molar-refractivity contribution in [2.75, 3.05) is 34.3 Å². The summed E-state index contributed by atoms with van der Waals surface area (Å²) in [5.74, 6) is -0.717. The van der Waals surface area contributed by atoms with E-state index in [1.54, 1.807) is 0 Å². The summed E-state index contributed by atoms with van der Waals surface area (Å²) in [5.41, 5.74) is 1.29. The van der Waals surface area contributed by atoms with Gasteiger partial charge in [-0.2, -0.15) is 0 Å². The highest BCUT2D eigenvalue weighted by Gasteiger charge is 2.02. The molecule has 0 fully saturated rings. The minimum absolute atomic E-state index is 0.177. The zero-order chi connectivity index (χ0) is 15.5. The van der Waals surface area contributed by atoms with Crippen LogP contribution < -0.4 is 5.11 Å². The molecule has 1 unspecified atom stereocenters. The Kier molecular flexibility index (Phi) is 11.8. The molecule has 0 aromatic rings. The number of nitrogens with zero attached hydrogens (tertiary/aromatic N) is 1. The second-order valence-electron chi connectivity index (χ2n) is 6.28. The van der Waals surface area contributed by atoms with Gasteiger partial charge in [0, 0.05) is 5.97 Å². The molecule has 1 N–H and O–H groups in total. The molecule has 0 radical (unpaired) electrons. The van der Waals surface area contributed by atoms with Gasteiger partial charge in [0.05, 0.1) is 27.7 Å². The molecule has 0 aliphatic rings. The van der Waals surface area contributed by atoms with Gasteiger partial charge in [-0.05, 0) is 39.0 Å². The number of hydrogen-bond donors (Lipinski definition) is 1. The van der Waals surface area contributed by atoms with Crippen molar-refractivity contribution in [1.29, 1.82) is 0 Å². The molecule has 0 aliphatic heterocycles. The number of aliphatic hydroxyl groups is 1. The van der Waals surface area contributed by atoms with Gasteiger partial charge in [-0.1, -0.05) is 18.6 Å². The molecular weight excluding hydrogens is 242 g/mol. The van der Waals surface area contributed by atoms with Gasteiger partial charge in [-0.25, -0.2) is 0 Å². The number of carbonyl (C=O) groups is 1. The summed E-state index contributed by atoms with van der Waals surface area (Å²) in [5, 5.41) is 18.6. The number of allylic oxidation sites excluding steroid dienone is 2. The Bertz CT molecular complexity index is 263. The molecule has 114 valence electrons. The smallest absolute Gasteiger partial charge is 0.101 e. The van der Waals surface area contributed by atoms with E-state index in [4.69, 9.17) is 5.11 Å². The average Bonchev–Trinajstić information content (AvgIpc) is 2.14. The molecular formula is C15H31NO3. The number of carbonyl (C=O) groups excluding carboxylic acids is 1. The van der Waals surface area contributed by atoms with Crippen molar-refractivity contribution in [3.63, 3.8) is 0 Å². The first-order valence-electron chi connectivity index (χ1n) is 6.83. The van der Waals surface area contributed by atoms with Crippen LogP contribution in [0.5, 0.6) is 0 Å². The lowest BCUT2D eigenvalue weighted by Gasteiger charge is -2.21. The lowest BCUT2D eigenvalue weighted by Crippen LogP contribution is -2.36. The fourth-order valence-corrected chi connectivity index (χ4v) is 1.34. The maximum atomic E-state index is 10.2. The van der Waals surface area contributed by atoms with E-state index in [2.05, 4.69) is 27.2 Å². The predicted octanol–water partition coefficient (Wildman–Crippen LogP) is 1.19. The number of carboxylic acid groups (broad SMARTS) is 1. The molecule has 1 atom stereocenters. The van der Waals surface area contributed by atoms with Crippen LogP contribution in [0.3, 0.4) is 0 Å². The molecule has 0 aliphatic carbocycles. The van der Waals surface area contributed by atoms with Crippen LogP contribution in [0.15, 0.2) is 11.6 Å². The van der Waals surface area contributed by atoms with Gasteiger partial charge >= 0.3 is 0 Å². The monoisotopic (exact) mass is 273 g/mol. The summed E-state index contributed by atoms with van der Waals surface area (Å²) in [7, 11) is 6.16. The maximum absolute atomic E-state index is 10.2. The van der Waals surface area contributed by atoms with Crippen LogP contribution in [-0.2, 0) is 4.79 Å². The molecule has 0 saturated carbocycles. The molecule has 19 heavy (non-hydrogen) atoms. The first kappa shape index (κ1) is 20.4. The summed E-state index contributed by atoms with van der Waals surface area (Å²) < 4.78 is 0.844. The maximum Gasteiger partial charge on any atom is 0.101 e. The third-order valence-electron chi connectivity index (χ3n) is 2.50. The van der Waals surface area contributed by atoms with Crippen LogP contribution in [0.25, 0.3) is 0 Å². The van der Waals surface area contributed by atoms with Crippen molar-refractivity contribution >= 4 is 5.97 Å². The van der Waals surface area contributed by atoms with E-state index in [0.29, 0.717) is 0 Å². The van der Waals surface area contributed by atoms with Crippen molar-refractivity contribution in [3.8, 4) is 0 Å². The Morgan fingerprint density at radius 3 is 2.11 bits per heavy atom. The molecule has 0 bridgehead atoms. The molecule has 4 heteroatoms. The number of hydrogen-bond acceptors (Lipinski definition) is 3. The summed E-state index contributed by atoms with van der Waals surface area (Å²) >= 11 is 0. The third-order valence-corrected chi connectivity index (χ3v) is 2.50. The van der Waals surface area contributed by atoms with E-state index in [0.717, 1.165) is 23.9 Å². The van der Waals surface area contributed by atoms with Gasteiger partial charge in [-0.3, -0.25) is 0 Å². The first-order chi connectivity index (χ1) is 8.58. The third kappa shape index (κ3) is 22.7. The van der Waals surface area contributed by atoms with Gasteiger partial charge in [-0.15, -0.1) is 0 Å². The fraction of sp³-hybridized carbons (Fsp3) is 0.800. The second kappa shape index (κ2) is 11.0. The van der Waals surface area contributed by atoms with Crippen LogP contribution >= 0.6 is 0 Å². The second-order valence-corrected chi connectivity index (χ2v) is 6.28. The number of likely N-dealkylation sites (N-methyl/N-ethyl adjacent to an activating group) is 1. The van der Waals surface area contributed by atoms with Crippen molar-refractivity contribution in [3.05, 3.63) is 11.6 Å². The van der Waals surface area contributed by atoms with Crippen LogP contribution in [0, 0.1) is 5.92 Å². The highest BCUT2D eigenvalue weighted by molar-refractivity contribution is 5.64. The van der Waals surface area contributed by atoms with Gasteiger partial charge in [0.15, 0.2) is 0 Å². The molecule has 0 spiro atoms. The van der Waals surface area contributed by atoms with E-state index in [9.17, 15) is 9.90 Å². The summed E-state index contributed by atoms with van der Waals surface area (Å²) in [6.45, 7) is 7.14. The topological polar surface area (TPSA) is 60.4 Å². The number of rotatable bonds is 7. The summed E-state index contributed by atoms with van der Waals surface area (Å²) in [4.78, 5) is 10.2. The minimum Gasteiger partial charge on any atom is -0.550 e. The van der Waals surface area contributed by atoms with Gasteiger partial charge < -0.3 is 19.5 Å². The van der Waals surface area contributed by atoms with Crippen LogP contribution in [0.4, 0.5) is 0 Å².